The van der Waals surface area contributed by atoms with Crippen LogP contribution in [0, 0.1) is 11.3 Å². The number of thiophene rings is 1. The maximum absolute atomic E-state index is 11.7. The van der Waals surface area contributed by atoms with E-state index in [2.05, 4.69) is 31.7 Å². The zero-order valence-corrected chi connectivity index (χ0v) is 21.3. The lowest BCUT2D eigenvalue weighted by Gasteiger charge is -2.12. The molecule has 0 saturated heterocycles. The number of hydrogen-bond donors (Lipinski definition) is 5. The molecule has 190 valence electrons. The molecular weight excluding hydrogens is 566 g/mol. The van der Waals surface area contributed by atoms with Crippen LogP contribution in [-0.4, -0.2) is 40.9 Å². The molecule has 2 aromatic carbocycles. The average Bonchev–Trinajstić information content (AvgIpc) is 3.18. The maximum Gasteiger partial charge on any atom is 0.296 e. The highest BCUT2D eigenvalue weighted by Gasteiger charge is 2.21. The summed E-state index contributed by atoms with van der Waals surface area (Å²) in [6.07, 6.45) is 0. The van der Waals surface area contributed by atoms with E-state index in [1.165, 1.54) is 11.3 Å². The molecule has 0 aliphatic carbocycles. The molecule has 0 spiro atoms. The van der Waals surface area contributed by atoms with Crippen LogP contribution in [0.5, 0.6) is 0 Å². The van der Waals surface area contributed by atoms with Crippen LogP contribution >= 0.6 is 22.9 Å². The van der Waals surface area contributed by atoms with Gasteiger partial charge in [0, 0.05) is 16.6 Å². The summed E-state index contributed by atoms with van der Waals surface area (Å²) in [5.41, 5.74) is 7.72. The van der Waals surface area contributed by atoms with Crippen LogP contribution in [0.3, 0.4) is 0 Å². The minimum Gasteiger partial charge on any atom is -0.389 e. The molecule has 2 heterocycles. The minimum absolute atomic E-state index is 0.0629. The molecule has 0 fully saturated rings. The number of rotatable bonds is 7. The van der Waals surface area contributed by atoms with Crippen molar-refractivity contribution in [1.82, 2.24) is 15.0 Å². The minimum atomic E-state index is -4.80. The van der Waals surface area contributed by atoms with Crippen LogP contribution < -0.4 is 16.4 Å². The topological polar surface area (TPSA) is 221 Å². The van der Waals surface area contributed by atoms with Crippen LogP contribution in [-0.2, 0) is 20.2 Å². The van der Waals surface area contributed by atoms with Crippen molar-refractivity contribution < 1.29 is 25.9 Å². The van der Waals surface area contributed by atoms with Crippen molar-refractivity contribution in [2.75, 3.05) is 16.4 Å². The highest BCUT2D eigenvalue weighted by atomic mass is 35.5. The first-order valence-corrected chi connectivity index (χ1v) is 13.9. The maximum atomic E-state index is 11.7. The molecule has 17 heteroatoms. The fourth-order valence-electron chi connectivity index (χ4n) is 3.14. The molecule has 4 aromatic rings. The fourth-order valence-corrected chi connectivity index (χ4v) is 5.20. The number of nitriles is 1. The van der Waals surface area contributed by atoms with E-state index in [0.29, 0.717) is 21.8 Å². The quantitative estimate of drug-likeness (QED) is 0.197. The number of nitrogens with one attached hydrogen (secondary N) is 2. The van der Waals surface area contributed by atoms with Crippen molar-refractivity contribution >= 4 is 71.4 Å². The monoisotopic (exact) mass is 579 g/mol. The molecule has 0 aliphatic rings. The van der Waals surface area contributed by atoms with Gasteiger partial charge in [-0.05, 0) is 47.5 Å². The van der Waals surface area contributed by atoms with Crippen LogP contribution in [0.2, 0.25) is 5.28 Å². The highest BCUT2D eigenvalue weighted by molar-refractivity contribution is 7.86. The van der Waals surface area contributed by atoms with Gasteiger partial charge >= 0.3 is 0 Å². The summed E-state index contributed by atoms with van der Waals surface area (Å²) >= 11 is 7.23. The lowest BCUT2D eigenvalue weighted by Crippen LogP contribution is -2.09. The number of halogens is 1. The van der Waals surface area contributed by atoms with E-state index >= 15 is 0 Å². The van der Waals surface area contributed by atoms with Gasteiger partial charge in [0.2, 0.25) is 17.2 Å². The molecule has 37 heavy (non-hydrogen) atoms. The second kappa shape index (κ2) is 9.89. The lowest BCUT2D eigenvalue weighted by molar-refractivity contribution is 0.479. The summed E-state index contributed by atoms with van der Waals surface area (Å²) in [4.78, 5) is 10.5. The Morgan fingerprint density at radius 3 is 2.19 bits per heavy atom. The third kappa shape index (κ3) is 5.94. The lowest BCUT2D eigenvalue weighted by atomic mass is 10.0. The molecule has 13 nitrogen and oxygen atoms in total. The van der Waals surface area contributed by atoms with Gasteiger partial charge in [-0.1, -0.05) is 12.1 Å². The van der Waals surface area contributed by atoms with Crippen molar-refractivity contribution in [2.24, 2.45) is 0 Å². The van der Waals surface area contributed by atoms with Gasteiger partial charge < -0.3 is 16.4 Å². The molecule has 0 amide bonds. The largest absolute Gasteiger partial charge is 0.389 e. The van der Waals surface area contributed by atoms with E-state index in [0.717, 1.165) is 23.8 Å². The number of anilines is 5. The molecule has 0 radical (unpaired) electrons. The first-order chi connectivity index (χ1) is 17.3. The van der Waals surface area contributed by atoms with E-state index in [1.807, 2.05) is 0 Å². The van der Waals surface area contributed by atoms with Crippen molar-refractivity contribution in [3.63, 3.8) is 0 Å². The number of benzene rings is 2. The van der Waals surface area contributed by atoms with Gasteiger partial charge in [-0.2, -0.15) is 37.0 Å². The summed E-state index contributed by atoms with van der Waals surface area (Å²) in [7, 11) is -9.50. The second-order valence-electron chi connectivity index (χ2n) is 7.19. The average molecular weight is 580 g/mol. The Hall–Kier alpha value is -3.85. The van der Waals surface area contributed by atoms with Crippen LogP contribution in [0.15, 0.2) is 57.6 Å². The Kier molecular flexibility index (Phi) is 7.01. The van der Waals surface area contributed by atoms with Gasteiger partial charge in [0.1, 0.15) is 16.0 Å². The summed E-state index contributed by atoms with van der Waals surface area (Å²) in [6.45, 7) is 0. The van der Waals surface area contributed by atoms with Crippen LogP contribution in [0.1, 0.15) is 5.56 Å². The predicted molar refractivity (Wildman–Crippen MR) is 136 cm³/mol. The summed E-state index contributed by atoms with van der Waals surface area (Å²) < 4.78 is 65.2. The molecule has 0 aliphatic heterocycles. The molecule has 2 aromatic heterocycles. The van der Waals surface area contributed by atoms with Crippen molar-refractivity contribution in [1.29, 1.82) is 5.26 Å². The molecular formula is C20H14ClN7O6S3. The normalized spacial score (nSPS) is 11.6. The molecule has 0 unspecified atom stereocenters. The molecule has 0 bridgehead atoms. The Morgan fingerprint density at radius 2 is 1.59 bits per heavy atom. The van der Waals surface area contributed by atoms with Gasteiger partial charge in [0.05, 0.1) is 16.1 Å². The zero-order valence-electron chi connectivity index (χ0n) is 18.1. The van der Waals surface area contributed by atoms with Crippen LogP contribution in [0.25, 0.3) is 11.1 Å². The number of aromatic nitrogens is 3. The number of nitrogens with zero attached hydrogens (tertiary/aromatic N) is 4. The van der Waals surface area contributed by atoms with Crippen molar-refractivity contribution in [3.8, 4) is 17.2 Å². The van der Waals surface area contributed by atoms with Gasteiger partial charge in [0.15, 0.2) is 0 Å². The summed E-state index contributed by atoms with van der Waals surface area (Å²) in [6, 6.07) is 11.3. The third-order valence-corrected chi connectivity index (χ3v) is 7.51. The Balaban J connectivity index is 1.63. The number of nitrogens with two attached hydrogens (primary N) is 1. The third-order valence-electron chi connectivity index (χ3n) is 4.76. The molecule has 4 rings (SSSR count). The first-order valence-electron chi connectivity index (χ1n) is 9.77. The molecule has 0 atom stereocenters. The molecule has 0 saturated carbocycles. The Bertz CT molecular complexity index is 1770. The standard InChI is InChI=1S/C20H14ClN7O6S3/c21-18-26-19(24-11-3-1-10(2-4-11)14-9-35-17(23)13(14)8-22)28-20(27-18)25-15-7-12(36(29,30)31)5-6-16(15)37(32,33)34/h1-7,9H,23H2,(H,29,30,31)(H,32,33,34)(H2,24,25,26,27,28). The van der Waals surface area contributed by atoms with E-state index in [9.17, 15) is 31.2 Å². The Morgan fingerprint density at radius 1 is 0.946 bits per heavy atom. The van der Waals surface area contributed by atoms with E-state index < -0.39 is 35.7 Å². The number of nitrogen functional groups attached to an aromatic ring is 1. The molecule has 6 N–H and O–H groups in total. The van der Waals surface area contributed by atoms with Crippen molar-refractivity contribution in [2.45, 2.75) is 9.79 Å². The van der Waals surface area contributed by atoms with Gasteiger partial charge in [-0.25, -0.2) is 0 Å². The van der Waals surface area contributed by atoms with E-state index in [-0.39, 0.29) is 17.2 Å². The highest BCUT2D eigenvalue weighted by Crippen LogP contribution is 2.34. The van der Waals surface area contributed by atoms with Gasteiger partial charge in [0.25, 0.3) is 20.2 Å². The van der Waals surface area contributed by atoms with E-state index in [1.54, 1.807) is 29.6 Å². The smallest absolute Gasteiger partial charge is 0.296 e. The fraction of sp³-hybridized carbons (Fsp3) is 0. The van der Waals surface area contributed by atoms with Crippen molar-refractivity contribution in [3.05, 3.63) is 58.7 Å². The van der Waals surface area contributed by atoms with Gasteiger partial charge in [-0.3, -0.25) is 9.11 Å². The first kappa shape index (κ1) is 26.2. The van der Waals surface area contributed by atoms with Gasteiger partial charge in [-0.15, -0.1) is 11.3 Å². The summed E-state index contributed by atoms with van der Waals surface area (Å²) in [5, 5.41) is 16.5. The summed E-state index contributed by atoms with van der Waals surface area (Å²) in [5.74, 6) is -0.365. The second-order valence-corrected chi connectivity index (χ2v) is 11.2. The SMILES string of the molecule is N#Cc1c(-c2ccc(Nc3nc(Cl)nc(Nc4cc(S(=O)(=O)O)ccc4S(=O)(=O)O)n3)cc2)csc1N. The van der Waals surface area contributed by atoms with E-state index in [4.69, 9.17) is 17.3 Å². The van der Waals surface area contributed by atoms with Crippen LogP contribution in [0.4, 0.5) is 28.3 Å². The number of hydrogen-bond acceptors (Lipinski definition) is 12. The zero-order chi connectivity index (χ0) is 27.0. The predicted octanol–water partition coefficient (Wildman–Crippen LogP) is 3.69. The Labute approximate surface area is 219 Å².